The molecule has 1 heterocycles. The van der Waals surface area contributed by atoms with Crippen LogP contribution in [0.3, 0.4) is 0 Å². The van der Waals surface area contributed by atoms with E-state index in [1.54, 1.807) is 0 Å². The Kier molecular flexibility index (Phi) is 5.04. The Morgan fingerprint density at radius 2 is 1.95 bits per heavy atom. The van der Waals surface area contributed by atoms with E-state index in [0.29, 0.717) is 19.6 Å². The molecule has 2 fully saturated rings. The van der Waals surface area contributed by atoms with Gasteiger partial charge < -0.3 is 20.9 Å². The first-order chi connectivity index (χ1) is 9.52. The highest BCUT2D eigenvalue weighted by atomic mass is 16.5. The number of hydrogen-bond donors (Lipinski definition) is 3. The van der Waals surface area contributed by atoms with Crippen LogP contribution in [0, 0.1) is 5.41 Å². The summed E-state index contributed by atoms with van der Waals surface area (Å²) in [5.74, 6) is 0.00873. The summed E-state index contributed by atoms with van der Waals surface area (Å²) in [5.41, 5.74) is 4.54. The van der Waals surface area contributed by atoms with Crippen LogP contribution < -0.4 is 11.1 Å². The molecule has 0 bridgehead atoms. The summed E-state index contributed by atoms with van der Waals surface area (Å²) in [6.45, 7) is 3.05. The number of aliphatic hydroxyl groups is 1. The molecule has 2 atom stereocenters. The molecule has 0 aromatic rings. The second-order valence-corrected chi connectivity index (χ2v) is 6.45. The number of carbonyl (C=O) groups is 1. The molecule has 1 aliphatic carbocycles. The number of nitrogens with one attached hydrogen (secondary N) is 1. The van der Waals surface area contributed by atoms with Crippen LogP contribution in [0.2, 0.25) is 0 Å². The lowest BCUT2D eigenvalue weighted by Gasteiger charge is -2.32. The maximum absolute atomic E-state index is 12.6. The van der Waals surface area contributed by atoms with Gasteiger partial charge in [-0.2, -0.15) is 0 Å². The van der Waals surface area contributed by atoms with Gasteiger partial charge in [0, 0.05) is 26.1 Å². The molecule has 1 saturated heterocycles. The van der Waals surface area contributed by atoms with Crippen molar-refractivity contribution in [3.05, 3.63) is 0 Å². The monoisotopic (exact) mass is 284 g/mol. The second-order valence-electron chi connectivity index (χ2n) is 6.45. The van der Waals surface area contributed by atoms with Crippen molar-refractivity contribution < 1.29 is 14.6 Å². The summed E-state index contributed by atoms with van der Waals surface area (Å²) < 4.78 is 5.39. The largest absolute Gasteiger partial charge is 0.385 e. The molecular formula is C15H28N2O3. The predicted molar refractivity (Wildman–Crippen MR) is 77.2 cm³/mol. The molecule has 116 valence electrons. The Bertz CT molecular complexity index is 340. The van der Waals surface area contributed by atoms with Crippen molar-refractivity contribution in [1.29, 1.82) is 0 Å². The van der Waals surface area contributed by atoms with E-state index in [0.717, 1.165) is 25.7 Å². The molecule has 0 aromatic heterocycles. The number of amides is 1. The summed E-state index contributed by atoms with van der Waals surface area (Å²) in [6.07, 6.45) is 6.56. The van der Waals surface area contributed by atoms with Gasteiger partial charge in [-0.25, -0.2) is 0 Å². The number of hydrogen-bond acceptors (Lipinski definition) is 4. The molecule has 1 aliphatic heterocycles. The Morgan fingerprint density at radius 3 is 2.45 bits per heavy atom. The minimum absolute atomic E-state index is 0.00873. The van der Waals surface area contributed by atoms with Gasteiger partial charge in [0.15, 0.2) is 0 Å². The van der Waals surface area contributed by atoms with Crippen LogP contribution in [0.15, 0.2) is 0 Å². The molecule has 4 N–H and O–H groups in total. The zero-order valence-electron chi connectivity index (χ0n) is 12.5. The van der Waals surface area contributed by atoms with Gasteiger partial charge >= 0.3 is 0 Å². The highest BCUT2D eigenvalue weighted by molar-refractivity contribution is 5.83. The van der Waals surface area contributed by atoms with Crippen molar-refractivity contribution in [3.8, 4) is 0 Å². The zero-order chi connectivity index (χ0) is 14.6. The fraction of sp³-hybridized carbons (Fsp3) is 0.933. The minimum Gasteiger partial charge on any atom is -0.385 e. The number of nitrogens with two attached hydrogens (primary N) is 1. The Hall–Kier alpha value is -0.650. The van der Waals surface area contributed by atoms with Gasteiger partial charge in [0.2, 0.25) is 5.91 Å². The van der Waals surface area contributed by atoms with Crippen molar-refractivity contribution in [2.75, 3.05) is 19.7 Å². The van der Waals surface area contributed by atoms with E-state index >= 15 is 0 Å². The van der Waals surface area contributed by atoms with Crippen LogP contribution in [-0.2, 0) is 9.53 Å². The third kappa shape index (κ3) is 3.15. The van der Waals surface area contributed by atoms with E-state index in [1.165, 1.54) is 12.8 Å². The van der Waals surface area contributed by atoms with Gasteiger partial charge in [-0.1, -0.05) is 25.7 Å². The number of ether oxygens (including phenoxy) is 1. The first kappa shape index (κ1) is 15.7. The van der Waals surface area contributed by atoms with E-state index in [4.69, 9.17) is 10.5 Å². The lowest BCUT2D eigenvalue weighted by Crippen LogP contribution is -2.52. The van der Waals surface area contributed by atoms with Gasteiger partial charge in [0.1, 0.15) is 5.60 Å². The molecule has 20 heavy (non-hydrogen) atoms. The molecule has 1 amide bonds. The Balaban J connectivity index is 1.95. The van der Waals surface area contributed by atoms with Crippen LogP contribution in [0.5, 0.6) is 0 Å². The molecular weight excluding hydrogens is 256 g/mol. The van der Waals surface area contributed by atoms with Crippen LogP contribution in [0.25, 0.3) is 0 Å². The standard InChI is InChI=1S/C15H28N2O3/c1-12-15(19,8-9-20-12)11-17-13(18)14(10-16)6-4-2-3-5-7-14/h12,19H,2-11,16H2,1H3,(H,17,18). The molecule has 2 aliphatic rings. The third-order valence-corrected chi connectivity index (χ3v) is 5.15. The average molecular weight is 284 g/mol. The van der Waals surface area contributed by atoms with Crippen molar-refractivity contribution >= 4 is 5.91 Å². The van der Waals surface area contributed by atoms with Gasteiger partial charge in [0.05, 0.1) is 11.5 Å². The molecule has 5 heteroatoms. The fourth-order valence-electron chi connectivity index (χ4n) is 3.35. The summed E-state index contributed by atoms with van der Waals surface area (Å²) in [5, 5.41) is 13.4. The van der Waals surface area contributed by atoms with E-state index in [2.05, 4.69) is 5.32 Å². The molecule has 0 radical (unpaired) electrons. The predicted octanol–water partition coefficient (Wildman–Crippen LogP) is 0.942. The topological polar surface area (TPSA) is 84.6 Å². The Labute approximate surface area is 121 Å². The SMILES string of the molecule is CC1OCCC1(O)CNC(=O)C1(CN)CCCCCC1. The number of carbonyl (C=O) groups excluding carboxylic acids is 1. The highest BCUT2D eigenvalue weighted by Crippen LogP contribution is 2.34. The van der Waals surface area contributed by atoms with Crippen molar-refractivity contribution in [2.45, 2.75) is 63.6 Å². The molecule has 5 nitrogen and oxygen atoms in total. The zero-order valence-corrected chi connectivity index (χ0v) is 12.5. The van der Waals surface area contributed by atoms with Gasteiger partial charge in [-0.05, 0) is 19.8 Å². The third-order valence-electron chi connectivity index (χ3n) is 5.15. The summed E-state index contributed by atoms with van der Waals surface area (Å²) in [7, 11) is 0. The first-order valence-corrected chi connectivity index (χ1v) is 7.85. The van der Waals surface area contributed by atoms with Gasteiger partial charge in [-0.15, -0.1) is 0 Å². The Morgan fingerprint density at radius 1 is 1.30 bits per heavy atom. The smallest absolute Gasteiger partial charge is 0.227 e. The maximum atomic E-state index is 12.6. The van der Waals surface area contributed by atoms with Crippen LogP contribution in [0.1, 0.15) is 51.9 Å². The lowest BCUT2D eigenvalue weighted by molar-refractivity contribution is -0.133. The molecule has 1 saturated carbocycles. The van der Waals surface area contributed by atoms with Gasteiger partial charge in [-0.3, -0.25) is 4.79 Å². The molecule has 2 rings (SSSR count). The minimum atomic E-state index is -0.934. The van der Waals surface area contributed by atoms with Gasteiger partial charge in [0.25, 0.3) is 0 Å². The average Bonchev–Trinajstić information content (AvgIpc) is 2.68. The van der Waals surface area contributed by atoms with Crippen molar-refractivity contribution in [1.82, 2.24) is 5.32 Å². The second kappa shape index (κ2) is 6.41. The quantitative estimate of drug-likeness (QED) is 0.671. The van der Waals surface area contributed by atoms with Crippen LogP contribution in [0.4, 0.5) is 0 Å². The summed E-state index contributed by atoms with van der Waals surface area (Å²) in [4.78, 5) is 12.6. The van der Waals surface area contributed by atoms with Crippen molar-refractivity contribution in [2.24, 2.45) is 11.1 Å². The van der Waals surface area contributed by atoms with Crippen LogP contribution >= 0.6 is 0 Å². The lowest BCUT2D eigenvalue weighted by atomic mass is 9.79. The summed E-state index contributed by atoms with van der Waals surface area (Å²) in [6, 6.07) is 0. The van der Waals surface area contributed by atoms with E-state index in [9.17, 15) is 9.90 Å². The van der Waals surface area contributed by atoms with Crippen molar-refractivity contribution in [3.63, 3.8) is 0 Å². The molecule has 0 aromatic carbocycles. The maximum Gasteiger partial charge on any atom is 0.227 e. The normalized spacial score (nSPS) is 33.6. The van der Waals surface area contributed by atoms with Crippen LogP contribution in [-0.4, -0.2) is 42.4 Å². The van der Waals surface area contributed by atoms with E-state index in [1.807, 2.05) is 6.92 Å². The highest BCUT2D eigenvalue weighted by Gasteiger charge is 2.42. The molecule has 0 spiro atoms. The van der Waals surface area contributed by atoms with E-state index < -0.39 is 11.0 Å². The van der Waals surface area contributed by atoms with E-state index in [-0.39, 0.29) is 18.6 Å². The molecule has 2 unspecified atom stereocenters. The number of rotatable bonds is 4. The summed E-state index contributed by atoms with van der Waals surface area (Å²) >= 11 is 0. The fourth-order valence-corrected chi connectivity index (χ4v) is 3.35. The first-order valence-electron chi connectivity index (χ1n) is 7.85.